The molecule has 0 aliphatic heterocycles. The fourth-order valence-electron chi connectivity index (χ4n) is 4.80. The van der Waals surface area contributed by atoms with Crippen LogP contribution in [0.5, 0.6) is 23.0 Å². The number of benzene rings is 5. The van der Waals surface area contributed by atoms with Crippen molar-refractivity contribution >= 4 is 44.7 Å². The van der Waals surface area contributed by atoms with E-state index >= 15 is 0 Å². The van der Waals surface area contributed by atoms with Crippen LogP contribution < -0.4 is 18.9 Å². The molecule has 0 aromatic heterocycles. The van der Waals surface area contributed by atoms with Crippen LogP contribution in [0.15, 0.2) is 72.8 Å². The van der Waals surface area contributed by atoms with Gasteiger partial charge in [-0.25, -0.2) is 0 Å². The lowest BCUT2D eigenvalue weighted by Crippen LogP contribution is -1.97. The molecule has 182 valence electrons. The first-order chi connectivity index (χ1) is 17.5. The predicted molar refractivity (Wildman–Crippen MR) is 149 cm³/mol. The largest absolute Gasteiger partial charge is 0.493 e. The van der Waals surface area contributed by atoms with Crippen molar-refractivity contribution in [2.24, 2.45) is 0 Å². The maximum Gasteiger partial charge on any atom is 0.161 e. The highest BCUT2D eigenvalue weighted by atomic mass is 35.5. The van der Waals surface area contributed by atoms with Gasteiger partial charge >= 0.3 is 0 Å². The maximum absolute atomic E-state index is 6.79. The number of hydrogen-bond donors (Lipinski definition) is 0. The minimum absolute atomic E-state index is 0.544. The standard InChI is InChI=1S/C30H24Cl2O4/c1-33-24-13-18-20(15-26(24)35-3)29(30-22(31)11-8-12-23(30)32)21-16-27(36-4)25(34-2)14-19(21)28(18)17-9-6-5-7-10-17/h5-16H,1-4H3. The van der Waals surface area contributed by atoms with Gasteiger partial charge in [0.25, 0.3) is 0 Å². The third-order valence-electron chi connectivity index (χ3n) is 6.40. The van der Waals surface area contributed by atoms with Crippen LogP contribution in [0.4, 0.5) is 0 Å². The highest BCUT2D eigenvalue weighted by Crippen LogP contribution is 2.51. The Hall–Kier alpha value is -3.60. The summed E-state index contributed by atoms with van der Waals surface area (Å²) in [6.45, 7) is 0. The molecule has 0 saturated carbocycles. The number of rotatable bonds is 6. The van der Waals surface area contributed by atoms with Gasteiger partial charge in [-0.1, -0.05) is 59.6 Å². The van der Waals surface area contributed by atoms with E-state index in [1.165, 1.54) is 0 Å². The second-order valence-electron chi connectivity index (χ2n) is 8.22. The minimum Gasteiger partial charge on any atom is -0.493 e. The van der Waals surface area contributed by atoms with Crippen molar-refractivity contribution in [3.05, 3.63) is 82.8 Å². The van der Waals surface area contributed by atoms with Crippen LogP contribution in [0.2, 0.25) is 10.0 Å². The van der Waals surface area contributed by atoms with Crippen LogP contribution in [-0.2, 0) is 0 Å². The van der Waals surface area contributed by atoms with E-state index in [1.807, 2.05) is 60.7 Å². The average Bonchev–Trinajstić information content (AvgIpc) is 2.91. The zero-order chi connectivity index (χ0) is 25.4. The summed E-state index contributed by atoms with van der Waals surface area (Å²) in [5.74, 6) is 2.46. The van der Waals surface area contributed by atoms with E-state index in [0.29, 0.717) is 33.0 Å². The van der Waals surface area contributed by atoms with E-state index in [4.69, 9.17) is 42.1 Å². The smallest absolute Gasteiger partial charge is 0.161 e. The second kappa shape index (κ2) is 9.81. The highest BCUT2D eigenvalue weighted by Gasteiger charge is 2.23. The van der Waals surface area contributed by atoms with Gasteiger partial charge in [0.15, 0.2) is 23.0 Å². The van der Waals surface area contributed by atoms with Crippen molar-refractivity contribution in [3.63, 3.8) is 0 Å². The maximum atomic E-state index is 6.79. The van der Waals surface area contributed by atoms with Gasteiger partial charge in [0.1, 0.15) is 0 Å². The molecule has 0 saturated heterocycles. The third kappa shape index (κ3) is 3.87. The van der Waals surface area contributed by atoms with E-state index in [2.05, 4.69) is 12.1 Å². The van der Waals surface area contributed by atoms with Gasteiger partial charge in [0.05, 0.1) is 28.4 Å². The third-order valence-corrected chi connectivity index (χ3v) is 7.03. The van der Waals surface area contributed by atoms with Crippen molar-refractivity contribution in [2.45, 2.75) is 0 Å². The van der Waals surface area contributed by atoms with Gasteiger partial charge < -0.3 is 18.9 Å². The van der Waals surface area contributed by atoms with Gasteiger partial charge in [-0.15, -0.1) is 0 Å². The Balaban J connectivity index is 2.12. The summed E-state index contributed by atoms with van der Waals surface area (Å²) >= 11 is 13.6. The Bertz CT molecular complexity index is 1500. The van der Waals surface area contributed by atoms with Crippen molar-refractivity contribution < 1.29 is 18.9 Å². The molecule has 6 heteroatoms. The van der Waals surface area contributed by atoms with E-state index in [9.17, 15) is 0 Å². The van der Waals surface area contributed by atoms with Crippen molar-refractivity contribution in [3.8, 4) is 45.3 Å². The van der Waals surface area contributed by atoms with Gasteiger partial charge in [0, 0.05) is 21.2 Å². The van der Waals surface area contributed by atoms with Gasteiger partial charge in [-0.3, -0.25) is 0 Å². The summed E-state index contributed by atoms with van der Waals surface area (Å²) in [7, 11) is 6.51. The molecule has 0 unspecified atom stereocenters. The van der Waals surface area contributed by atoms with Crippen LogP contribution in [0.3, 0.4) is 0 Å². The first kappa shape index (κ1) is 24.1. The quantitative estimate of drug-likeness (QED) is 0.210. The van der Waals surface area contributed by atoms with Crippen molar-refractivity contribution in [2.75, 3.05) is 28.4 Å². The molecule has 0 heterocycles. The van der Waals surface area contributed by atoms with Crippen LogP contribution >= 0.6 is 23.2 Å². The molecule has 0 amide bonds. The fraction of sp³-hybridized carbons (Fsp3) is 0.133. The lowest BCUT2D eigenvalue weighted by Gasteiger charge is -2.22. The molecule has 5 aromatic rings. The normalized spacial score (nSPS) is 11.1. The second-order valence-corrected chi connectivity index (χ2v) is 9.03. The monoisotopic (exact) mass is 518 g/mol. The van der Waals surface area contributed by atoms with Crippen molar-refractivity contribution in [1.29, 1.82) is 0 Å². The minimum atomic E-state index is 0.544. The highest BCUT2D eigenvalue weighted by molar-refractivity contribution is 6.41. The molecular weight excluding hydrogens is 495 g/mol. The Kier molecular flexibility index (Phi) is 6.57. The number of ether oxygens (including phenoxy) is 4. The molecule has 0 radical (unpaired) electrons. The summed E-state index contributed by atoms with van der Waals surface area (Å²) in [4.78, 5) is 0. The Labute approximate surface area is 219 Å². The van der Waals surface area contributed by atoms with Gasteiger partial charge in [-0.05, 0) is 69.1 Å². The molecule has 4 nitrogen and oxygen atoms in total. The average molecular weight is 519 g/mol. The lowest BCUT2D eigenvalue weighted by atomic mass is 9.85. The topological polar surface area (TPSA) is 36.9 Å². The lowest BCUT2D eigenvalue weighted by molar-refractivity contribution is 0.355. The molecule has 0 atom stereocenters. The van der Waals surface area contributed by atoms with Crippen LogP contribution in [0.25, 0.3) is 43.8 Å². The van der Waals surface area contributed by atoms with Gasteiger partial charge in [-0.2, -0.15) is 0 Å². The number of halogens is 2. The molecular formula is C30H24Cl2O4. The van der Waals surface area contributed by atoms with E-state index in [1.54, 1.807) is 28.4 Å². The number of fused-ring (bicyclic) bond motifs is 2. The van der Waals surface area contributed by atoms with Crippen LogP contribution in [0.1, 0.15) is 0 Å². The summed E-state index contributed by atoms with van der Waals surface area (Å²) in [6.07, 6.45) is 0. The van der Waals surface area contributed by atoms with Crippen LogP contribution in [-0.4, -0.2) is 28.4 Å². The molecule has 0 N–H and O–H groups in total. The fourth-order valence-corrected chi connectivity index (χ4v) is 5.38. The Morgan fingerprint density at radius 3 is 1.22 bits per heavy atom. The van der Waals surface area contributed by atoms with Crippen molar-refractivity contribution in [1.82, 2.24) is 0 Å². The molecule has 36 heavy (non-hydrogen) atoms. The van der Waals surface area contributed by atoms with Gasteiger partial charge in [0.2, 0.25) is 0 Å². The van der Waals surface area contributed by atoms with E-state index in [0.717, 1.165) is 43.8 Å². The SMILES string of the molecule is COc1cc2c(-c3ccccc3)c3cc(OC)c(OC)cc3c(-c3c(Cl)cccc3Cl)c2cc1OC. The molecule has 0 spiro atoms. The van der Waals surface area contributed by atoms with E-state index < -0.39 is 0 Å². The summed E-state index contributed by atoms with van der Waals surface area (Å²) in [6, 6.07) is 23.7. The predicted octanol–water partition coefficient (Wildman–Crippen LogP) is 8.67. The number of hydrogen-bond acceptors (Lipinski definition) is 4. The zero-order valence-electron chi connectivity index (χ0n) is 20.3. The Morgan fingerprint density at radius 2 is 0.833 bits per heavy atom. The molecule has 5 rings (SSSR count). The Morgan fingerprint density at radius 1 is 0.444 bits per heavy atom. The summed E-state index contributed by atoms with van der Waals surface area (Å²) in [5.41, 5.74) is 3.67. The zero-order valence-corrected chi connectivity index (χ0v) is 21.8. The molecule has 0 bridgehead atoms. The molecule has 5 aromatic carbocycles. The summed E-state index contributed by atoms with van der Waals surface area (Å²) in [5, 5.41) is 4.85. The first-order valence-corrected chi connectivity index (χ1v) is 12.0. The summed E-state index contributed by atoms with van der Waals surface area (Å²) < 4.78 is 22.8. The van der Waals surface area contributed by atoms with Crippen LogP contribution in [0, 0.1) is 0 Å². The number of methoxy groups -OCH3 is 4. The first-order valence-electron chi connectivity index (χ1n) is 11.3. The molecule has 0 aliphatic rings. The van der Waals surface area contributed by atoms with E-state index in [-0.39, 0.29) is 0 Å². The molecule has 0 fully saturated rings. The molecule has 0 aliphatic carbocycles.